The molecule has 1 fully saturated rings. The number of para-hydroxylation sites is 1. The van der Waals surface area contributed by atoms with E-state index in [1.54, 1.807) is 60.7 Å². The number of hydrogen-bond donors (Lipinski definition) is 3. The minimum absolute atomic E-state index is 0.0238. The van der Waals surface area contributed by atoms with E-state index >= 15 is 0 Å². The van der Waals surface area contributed by atoms with E-state index in [1.807, 2.05) is 30.3 Å². The molecule has 10 nitrogen and oxygen atoms in total. The molecule has 238 valence electrons. The molecule has 0 aliphatic carbocycles. The van der Waals surface area contributed by atoms with Crippen molar-refractivity contribution >= 4 is 53.7 Å². The molecule has 2 heterocycles. The van der Waals surface area contributed by atoms with Crippen LogP contribution in [-0.4, -0.2) is 70.0 Å². The first-order valence-corrected chi connectivity index (χ1v) is 18.3. The van der Waals surface area contributed by atoms with Crippen LogP contribution in [0.3, 0.4) is 0 Å². The lowest BCUT2D eigenvalue weighted by Crippen LogP contribution is -2.37. The SMILES string of the molecule is CS(=O)(=O)N(CCN1CCCC1)c1ccc(N=C(c2ccccc2)c2c(O)[nH]c3ccc(S(=O)(=O)Nc4ccccc4)cc23)cc1. The van der Waals surface area contributed by atoms with Crippen molar-refractivity contribution in [1.29, 1.82) is 0 Å². The van der Waals surface area contributed by atoms with Crippen LogP contribution in [0.4, 0.5) is 17.1 Å². The van der Waals surface area contributed by atoms with Gasteiger partial charge in [0.15, 0.2) is 5.88 Å². The molecular weight excluding hydrogens is 623 g/mol. The highest BCUT2D eigenvalue weighted by Gasteiger charge is 2.23. The monoisotopic (exact) mass is 657 g/mol. The first kappa shape index (κ1) is 31.3. The molecule has 1 aliphatic rings. The summed E-state index contributed by atoms with van der Waals surface area (Å²) < 4.78 is 56.0. The molecule has 46 heavy (non-hydrogen) atoms. The molecule has 1 aliphatic heterocycles. The predicted octanol–water partition coefficient (Wildman–Crippen LogP) is 5.71. The van der Waals surface area contributed by atoms with Gasteiger partial charge in [0.25, 0.3) is 10.0 Å². The highest BCUT2D eigenvalue weighted by Crippen LogP contribution is 2.34. The van der Waals surface area contributed by atoms with Crippen LogP contribution in [0.1, 0.15) is 24.0 Å². The van der Waals surface area contributed by atoms with Gasteiger partial charge in [0.1, 0.15) is 0 Å². The van der Waals surface area contributed by atoms with Crippen molar-refractivity contribution in [2.75, 3.05) is 41.5 Å². The second-order valence-corrected chi connectivity index (χ2v) is 14.8. The summed E-state index contributed by atoms with van der Waals surface area (Å²) in [4.78, 5) is 10.2. The number of fused-ring (bicyclic) bond motifs is 1. The van der Waals surface area contributed by atoms with Gasteiger partial charge in [-0.15, -0.1) is 0 Å². The minimum Gasteiger partial charge on any atom is -0.494 e. The second kappa shape index (κ2) is 13.0. The van der Waals surface area contributed by atoms with Crippen LogP contribution in [0.2, 0.25) is 0 Å². The van der Waals surface area contributed by atoms with Gasteiger partial charge >= 0.3 is 0 Å². The summed E-state index contributed by atoms with van der Waals surface area (Å²) in [6.45, 7) is 2.96. The van der Waals surface area contributed by atoms with Gasteiger partial charge in [0, 0.05) is 35.2 Å². The molecule has 0 atom stereocenters. The average molecular weight is 658 g/mol. The van der Waals surface area contributed by atoms with Crippen molar-refractivity contribution < 1.29 is 21.9 Å². The molecule has 0 unspecified atom stereocenters. The molecule has 1 saturated heterocycles. The number of aromatic hydroxyl groups is 1. The Hall–Kier alpha value is -4.65. The Morgan fingerprint density at radius 3 is 2.20 bits per heavy atom. The molecule has 0 amide bonds. The third-order valence-corrected chi connectivity index (χ3v) is 10.5. The van der Waals surface area contributed by atoms with Crippen molar-refractivity contribution in [3.63, 3.8) is 0 Å². The Kier molecular flexibility index (Phi) is 8.85. The van der Waals surface area contributed by atoms with Crippen molar-refractivity contribution in [2.45, 2.75) is 17.7 Å². The Labute approximate surface area is 269 Å². The van der Waals surface area contributed by atoms with E-state index in [0.29, 0.717) is 57.9 Å². The molecular formula is C34H35N5O5S2. The lowest BCUT2D eigenvalue weighted by atomic mass is 10.0. The van der Waals surface area contributed by atoms with Gasteiger partial charge in [-0.25, -0.2) is 21.8 Å². The molecule has 0 bridgehead atoms. The average Bonchev–Trinajstić information content (AvgIpc) is 3.67. The van der Waals surface area contributed by atoms with Crippen LogP contribution in [-0.2, 0) is 20.0 Å². The van der Waals surface area contributed by atoms with Crippen LogP contribution >= 0.6 is 0 Å². The van der Waals surface area contributed by atoms with E-state index in [4.69, 9.17) is 4.99 Å². The van der Waals surface area contributed by atoms with E-state index in [9.17, 15) is 21.9 Å². The summed E-state index contributed by atoms with van der Waals surface area (Å²) in [6.07, 6.45) is 3.46. The van der Waals surface area contributed by atoms with Gasteiger partial charge in [-0.05, 0) is 80.5 Å². The fourth-order valence-electron chi connectivity index (χ4n) is 5.69. The van der Waals surface area contributed by atoms with Crippen LogP contribution in [0, 0.1) is 0 Å². The Morgan fingerprint density at radius 2 is 1.54 bits per heavy atom. The fraction of sp³-hybridized carbons (Fsp3) is 0.206. The molecule has 5 aromatic rings. The first-order valence-electron chi connectivity index (χ1n) is 15.0. The molecule has 1 aromatic heterocycles. The van der Waals surface area contributed by atoms with Crippen molar-refractivity contribution in [3.05, 3.63) is 114 Å². The van der Waals surface area contributed by atoms with Crippen LogP contribution in [0.25, 0.3) is 10.9 Å². The highest BCUT2D eigenvalue weighted by molar-refractivity contribution is 7.92. The number of sulfonamides is 2. The minimum atomic E-state index is -3.94. The lowest BCUT2D eigenvalue weighted by Gasteiger charge is -2.25. The summed E-state index contributed by atoms with van der Waals surface area (Å²) in [6, 6.07) is 29.4. The quantitative estimate of drug-likeness (QED) is 0.156. The number of nitrogens with zero attached hydrogens (tertiary/aromatic N) is 3. The number of H-pyrrole nitrogens is 1. The van der Waals surface area contributed by atoms with E-state index < -0.39 is 20.0 Å². The molecule has 0 radical (unpaired) electrons. The standard InChI is InChI=1S/C34H35N5O5S2/c1-45(41,42)39(23-22-38-20-8-9-21-38)28-16-14-26(15-17-28)35-33(25-10-4-2-5-11-25)32-30-24-29(18-19-31(30)36-34(32)40)46(43,44)37-27-12-6-3-7-13-27/h2-7,10-19,24,36-37,40H,8-9,20-23H2,1H3. The number of aromatic nitrogens is 1. The number of hydrogen-bond acceptors (Lipinski definition) is 7. The summed E-state index contributed by atoms with van der Waals surface area (Å²) >= 11 is 0. The van der Waals surface area contributed by atoms with Gasteiger partial charge in [0.05, 0.1) is 33.8 Å². The van der Waals surface area contributed by atoms with E-state index in [2.05, 4.69) is 14.6 Å². The van der Waals surface area contributed by atoms with E-state index in [-0.39, 0.29) is 10.8 Å². The zero-order valence-electron chi connectivity index (χ0n) is 25.3. The first-order chi connectivity index (χ1) is 22.1. The third kappa shape index (κ3) is 6.94. The maximum absolute atomic E-state index is 13.3. The van der Waals surface area contributed by atoms with Crippen molar-refractivity contribution in [1.82, 2.24) is 9.88 Å². The number of rotatable bonds is 11. The second-order valence-electron chi connectivity index (χ2n) is 11.3. The highest BCUT2D eigenvalue weighted by atomic mass is 32.2. The van der Waals surface area contributed by atoms with E-state index in [0.717, 1.165) is 25.9 Å². The van der Waals surface area contributed by atoms with Crippen LogP contribution < -0.4 is 9.03 Å². The zero-order chi connectivity index (χ0) is 32.3. The number of nitrogens with one attached hydrogen (secondary N) is 2. The summed E-state index contributed by atoms with van der Waals surface area (Å²) in [5.41, 5.74) is 3.48. The summed E-state index contributed by atoms with van der Waals surface area (Å²) in [5.74, 6) is -0.162. The Morgan fingerprint density at radius 1 is 0.891 bits per heavy atom. The van der Waals surface area contributed by atoms with Crippen molar-refractivity contribution in [3.8, 4) is 5.88 Å². The normalized spacial score (nSPS) is 14.5. The van der Waals surface area contributed by atoms with Gasteiger partial charge in [0.2, 0.25) is 10.0 Å². The number of anilines is 2. The molecule has 0 spiro atoms. The smallest absolute Gasteiger partial charge is 0.261 e. The van der Waals surface area contributed by atoms with E-state index in [1.165, 1.54) is 22.7 Å². The Bertz CT molecular complexity index is 2070. The largest absolute Gasteiger partial charge is 0.494 e. The predicted molar refractivity (Wildman–Crippen MR) is 183 cm³/mol. The number of likely N-dealkylation sites (tertiary alicyclic amines) is 1. The van der Waals surface area contributed by atoms with Gasteiger partial charge < -0.3 is 15.0 Å². The molecule has 6 rings (SSSR count). The molecule has 12 heteroatoms. The molecule has 3 N–H and O–H groups in total. The van der Waals surface area contributed by atoms with Crippen LogP contribution in [0.15, 0.2) is 113 Å². The topological polar surface area (TPSA) is 135 Å². The fourth-order valence-corrected chi connectivity index (χ4v) is 7.69. The van der Waals surface area contributed by atoms with Crippen molar-refractivity contribution in [2.24, 2.45) is 4.99 Å². The third-order valence-electron chi connectivity index (χ3n) is 7.97. The number of benzene rings is 4. The summed E-state index contributed by atoms with van der Waals surface area (Å²) in [7, 11) is -7.45. The van der Waals surface area contributed by atoms with Gasteiger partial charge in [-0.1, -0.05) is 48.5 Å². The maximum Gasteiger partial charge on any atom is 0.261 e. The number of aromatic amines is 1. The number of aliphatic imine (C=N–C) groups is 1. The molecule has 0 saturated carbocycles. The molecule has 4 aromatic carbocycles. The van der Waals surface area contributed by atoms with Crippen LogP contribution in [0.5, 0.6) is 5.88 Å². The Balaban J connectivity index is 1.38. The lowest BCUT2D eigenvalue weighted by molar-refractivity contribution is 0.349. The summed E-state index contributed by atoms with van der Waals surface area (Å²) in [5, 5.41) is 11.6. The zero-order valence-corrected chi connectivity index (χ0v) is 26.9. The maximum atomic E-state index is 13.3. The van der Waals surface area contributed by atoms with Gasteiger partial charge in [-0.3, -0.25) is 9.03 Å². The van der Waals surface area contributed by atoms with Gasteiger partial charge in [-0.2, -0.15) is 0 Å².